The summed E-state index contributed by atoms with van der Waals surface area (Å²) in [7, 11) is 0. The van der Waals surface area contributed by atoms with Crippen molar-refractivity contribution >= 4 is 23.7 Å². The summed E-state index contributed by atoms with van der Waals surface area (Å²) in [5, 5.41) is 10.6. The summed E-state index contributed by atoms with van der Waals surface area (Å²) < 4.78 is 18.6. The first-order chi connectivity index (χ1) is 12.0. The van der Waals surface area contributed by atoms with Crippen molar-refractivity contribution in [2.75, 3.05) is 5.32 Å². The van der Waals surface area contributed by atoms with Crippen molar-refractivity contribution in [1.29, 1.82) is 0 Å². The van der Waals surface area contributed by atoms with Gasteiger partial charge in [0.05, 0.1) is 0 Å². The first-order valence-corrected chi connectivity index (χ1v) is 8.57. The van der Waals surface area contributed by atoms with Crippen LogP contribution in [0.5, 0.6) is 0 Å². The van der Waals surface area contributed by atoms with Gasteiger partial charge in [0.25, 0.3) is 5.91 Å². The van der Waals surface area contributed by atoms with Crippen LogP contribution in [0.3, 0.4) is 0 Å². The molecule has 3 rings (SSSR count). The molecule has 25 heavy (non-hydrogen) atoms. The van der Waals surface area contributed by atoms with Gasteiger partial charge < -0.3 is 4.42 Å². The molecule has 0 spiro atoms. The number of hydrogen-bond donors (Lipinski definition) is 1. The van der Waals surface area contributed by atoms with Crippen LogP contribution in [-0.4, -0.2) is 21.4 Å². The molecule has 0 aliphatic carbocycles. The maximum absolute atomic E-state index is 13.2. The van der Waals surface area contributed by atoms with Crippen LogP contribution in [0, 0.1) is 5.82 Å². The second-order valence-electron chi connectivity index (χ2n) is 5.57. The lowest BCUT2D eigenvalue weighted by Gasteiger charge is -2.05. The third-order valence-electron chi connectivity index (χ3n) is 3.21. The maximum atomic E-state index is 13.2. The van der Waals surface area contributed by atoms with Crippen LogP contribution < -0.4 is 5.32 Å². The number of benzene rings is 2. The number of nitrogens with one attached hydrogen (secondary N) is 1. The lowest BCUT2D eigenvalue weighted by molar-refractivity contribution is 0.102. The van der Waals surface area contributed by atoms with Gasteiger partial charge in [-0.25, -0.2) is 4.39 Å². The molecule has 0 unspecified atom stereocenters. The molecule has 0 saturated heterocycles. The summed E-state index contributed by atoms with van der Waals surface area (Å²) in [6.07, 6.45) is 0. The average Bonchev–Trinajstić information content (AvgIpc) is 3.03. The Morgan fingerprint density at radius 2 is 1.92 bits per heavy atom. The van der Waals surface area contributed by atoms with Crippen LogP contribution in [0.15, 0.2) is 57.8 Å². The predicted octanol–water partition coefficient (Wildman–Crippen LogP) is 4.63. The number of thioether (sulfide) groups is 1. The van der Waals surface area contributed by atoms with Gasteiger partial charge in [-0.15, -0.1) is 16.9 Å². The molecular formula is C18H16FN3O2S. The monoisotopic (exact) mass is 357 g/mol. The highest BCUT2D eigenvalue weighted by Gasteiger charge is 2.13. The fraction of sp³-hybridized carbons (Fsp3) is 0.167. The number of nitrogens with zero attached hydrogens (tertiary/aromatic N) is 2. The summed E-state index contributed by atoms with van der Waals surface area (Å²) in [5.74, 6) is -0.616. The highest BCUT2D eigenvalue weighted by atomic mass is 32.2. The Labute approximate surface area is 148 Å². The Hall–Kier alpha value is -2.67. The van der Waals surface area contributed by atoms with Crippen molar-refractivity contribution in [1.82, 2.24) is 10.2 Å². The van der Waals surface area contributed by atoms with Gasteiger partial charge in [-0.1, -0.05) is 25.0 Å². The summed E-state index contributed by atoms with van der Waals surface area (Å²) in [6, 6.07) is 13.0. The van der Waals surface area contributed by atoms with Gasteiger partial charge in [0.2, 0.25) is 5.89 Å². The SMILES string of the molecule is CC(C)Sc1ccc(C(=O)Nc2nnc(-c3cccc(F)c3)o2)cc1. The van der Waals surface area contributed by atoms with E-state index in [4.69, 9.17) is 4.42 Å². The molecule has 0 aliphatic heterocycles. The van der Waals surface area contributed by atoms with E-state index in [0.29, 0.717) is 16.4 Å². The van der Waals surface area contributed by atoms with E-state index in [2.05, 4.69) is 29.4 Å². The normalized spacial score (nSPS) is 10.9. The third kappa shape index (κ3) is 4.45. The number of carbonyl (C=O) groups excluding carboxylic acids is 1. The fourth-order valence-corrected chi connectivity index (χ4v) is 2.98. The number of rotatable bonds is 5. The Kier molecular flexibility index (Phi) is 5.14. The molecule has 7 heteroatoms. The number of hydrogen-bond acceptors (Lipinski definition) is 5. The van der Waals surface area contributed by atoms with Crippen LogP contribution >= 0.6 is 11.8 Å². The van der Waals surface area contributed by atoms with Crippen molar-refractivity contribution in [3.05, 3.63) is 59.9 Å². The zero-order chi connectivity index (χ0) is 17.8. The second kappa shape index (κ2) is 7.48. The van der Waals surface area contributed by atoms with Gasteiger partial charge >= 0.3 is 6.01 Å². The standard InChI is InChI=1S/C18H16FN3O2S/c1-11(2)25-15-8-6-12(7-9-15)16(23)20-18-22-21-17(24-18)13-4-3-5-14(19)10-13/h3-11H,1-2H3,(H,20,22,23). The molecule has 0 bridgehead atoms. The zero-order valence-electron chi connectivity index (χ0n) is 13.7. The maximum Gasteiger partial charge on any atom is 0.322 e. The lowest BCUT2D eigenvalue weighted by Crippen LogP contribution is -2.11. The number of aromatic nitrogens is 2. The molecule has 1 aromatic heterocycles. The predicted molar refractivity (Wildman–Crippen MR) is 95.1 cm³/mol. The third-order valence-corrected chi connectivity index (χ3v) is 4.22. The molecule has 0 atom stereocenters. The summed E-state index contributed by atoms with van der Waals surface area (Å²) in [4.78, 5) is 13.3. The van der Waals surface area contributed by atoms with Gasteiger partial charge in [-0.3, -0.25) is 10.1 Å². The summed E-state index contributed by atoms with van der Waals surface area (Å²) in [6.45, 7) is 4.22. The van der Waals surface area contributed by atoms with Crippen LogP contribution in [0.1, 0.15) is 24.2 Å². The Morgan fingerprint density at radius 3 is 2.60 bits per heavy atom. The number of halogens is 1. The molecule has 3 aromatic rings. The zero-order valence-corrected chi connectivity index (χ0v) is 14.5. The topological polar surface area (TPSA) is 68.0 Å². The van der Waals surface area contributed by atoms with E-state index in [-0.39, 0.29) is 17.8 Å². The molecule has 128 valence electrons. The van der Waals surface area contributed by atoms with Crippen molar-refractivity contribution in [2.45, 2.75) is 24.0 Å². The van der Waals surface area contributed by atoms with Gasteiger partial charge in [0.1, 0.15) is 5.82 Å². The highest BCUT2D eigenvalue weighted by Crippen LogP contribution is 2.24. The smallest absolute Gasteiger partial charge is 0.322 e. The van der Waals surface area contributed by atoms with E-state index in [9.17, 15) is 9.18 Å². The van der Waals surface area contributed by atoms with Crippen molar-refractivity contribution in [3.8, 4) is 11.5 Å². The van der Waals surface area contributed by atoms with E-state index < -0.39 is 5.82 Å². The van der Waals surface area contributed by atoms with Crippen molar-refractivity contribution in [3.63, 3.8) is 0 Å². The Morgan fingerprint density at radius 1 is 1.16 bits per heavy atom. The Bertz CT molecular complexity index is 878. The summed E-state index contributed by atoms with van der Waals surface area (Å²) >= 11 is 1.72. The molecule has 1 amide bonds. The van der Waals surface area contributed by atoms with Crippen LogP contribution in [0.4, 0.5) is 10.4 Å². The van der Waals surface area contributed by atoms with Gasteiger partial charge in [0.15, 0.2) is 0 Å². The van der Waals surface area contributed by atoms with E-state index >= 15 is 0 Å². The van der Waals surface area contributed by atoms with E-state index in [0.717, 1.165) is 4.90 Å². The van der Waals surface area contributed by atoms with Gasteiger partial charge in [0, 0.05) is 21.3 Å². The minimum absolute atomic E-state index is 0.0371. The minimum Gasteiger partial charge on any atom is -0.403 e. The Balaban J connectivity index is 1.69. The van der Waals surface area contributed by atoms with E-state index in [1.807, 2.05) is 12.1 Å². The molecule has 5 nitrogen and oxygen atoms in total. The highest BCUT2D eigenvalue weighted by molar-refractivity contribution is 7.99. The van der Waals surface area contributed by atoms with Crippen LogP contribution in [0.2, 0.25) is 0 Å². The van der Waals surface area contributed by atoms with Gasteiger partial charge in [-0.05, 0) is 42.5 Å². The minimum atomic E-state index is -0.402. The second-order valence-corrected chi connectivity index (χ2v) is 7.22. The van der Waals surface area contributed by atoms with Crippen molar-refractivity contribution < 1.29 is 13.6 Å². The largest absolute Gasteiger partial charge is 0.403 e. The van der Waals surface area contributed by atoms with Crippen LogP contribution in [0.25, 0.3) is 11.5 Å². The molecule has 0 saturated carbocycles. The molecular weight excluding hydrogens is 341 g/mol. The molecule has 0 fully saturated rings. The molecule has 1 heterocycles. The van der Waals surface area contributed by atoms with E-state index in [1.165, 1.54) is 12.1 Å². The number of amides is 1. The summed E-state index contributed by atoms with van der Waals surface area (Å²) in [5.41, 5.74) is 0.932. The molecule has 2 aromatic carbocycles. The number of carbonyl (C=O) groups is 1. The van der Waals surface area contributed by atoms with Crippen molar-refractivity contribution in [2.24, 2.45) is 0 Å². The lowest BCUT2D eigenvalue weighted by atomic mass is 10.2. The van der Waals surface area contributed by atoms with E-state index in [1.54, 1.807) is 36.0 Å². The first kappa shape index (κ1) is 17.2. The quantitative estimate of drug-likeness (QED) is 0.674. The number of anilines is 1. The fourth-order valence-electron chi connectivity index (χ4n) is 2.14. The first-order valence-electron chi connectivity index (χ1n) is 7.69. The molecule has 0 radical (unpaired) electrons. The molecule has 1 N–H and O–H groups in total. The van der Waals surface area contributed by atoms with Crippen LogP contribution in [-0.2, 0) is 0 Å². The average molecular weight is 357 g/mol. The van der Waals surface area contributed by atoms with Gasteiger partial charge in [-0.2, -0.15) is 0 Å². The molecule has 0 aliphatic rings.